The van der Waals surface area contributed by atoms with Crippen LogP contribution >= 0.6 is 11.8 Å². The lowest BCUT2D eigenvalue weighted by atomic mass is 10.1. The number of aromatic carboxylic acids is 1. The van der Waals surface area contributed by atoms with E-state index in [1.807, 2.05) is 24.5 Å². The minimum Gasteiger partial charge on any atom is -0.478 e. The van der Waals surface area contributed by atoms with Crippen molar-refractivity contribution >= 4 is 23.4 Å². The lowest BCUT2D eigenvalue weighted by Gasteiger charge is -2.10. The number of nitrogens with zero attached hydrogens (tertiary/aromatic N) is 1. The molecule has 21 heavy (non-hydrogen) atoms. The normalized spacial score (nSPS) is 9.90. The van der Waals surface area contributed by atoms with E-state index >= 15 is 0 Å². The fourth-order valence-electron chi connectivity index (χ4n) is 1.93. The Morgan fingerprint density at radius 2 is 2.00 bits per heavy atom. The number of nitrogens with one attached hydrogen (secondary N) is 1. The van der Waals surface area contributed by atoms with E-state index in [0.29, 0.717) is 12.1 Å². The molecular weight excluding hydrogens is 284 g/mol. The van der Waals surface area contributed by atoms with E-state index in [0.717, 1.165) is 16.1 Å². The molecule has 0 bridgehead atoms. The lowest BCUT2D eigenvalue weighted by Crippen LogP contribution is -2.03. The van der Waals surface area contributed by atoms with E-state index in [9.17, 15) is 10.1 Å². The highest BCUT2D eigenvalue weighted by Gasteiger charge is 2.07. The van der Waals surface area contributed by atoms with Crippen molar-refractivity contribution < 1.29 is 9.90 Å². The minimum atomic E-state index is -0.936. The summed E-state index contributed by atoms with van der Waals surface area (Å²) in [5, 5.41) is 21.3. The highest BCUT2D eigenvalue weighted by molar-refractivity contribution is 7.98. The lowest BCUT2D eigenvalue weighted by molar-refractivity contribution is 0.0697. The number of benzene rings is 2. The van der Waals surface area contributed by atoms with Crippen LogP contribution in [0.2, 0.25) is 0 Å². The molecule has 2 N–H and O–H groups in total. The Labute approximate surface area is 127 Å². The van der Waals surface area contributed by atoms with E-state index in [4.69, 9.17) is 5.11 Å². The van der Waals surface area contributed by atoms with E-state index in [1.54, 1.807) is 24.3 Å². The molecule has 5 heteroatoms. The van der Waals surface area contributed by atoms with Crippen LogP contribution in [0.5, 0.6) is 0 Å². The molecule has 0 unspecified atom stereocenters. The molecule has 0 amide bonds. The Bertz CT molecular complexity index is 690. The summed E-state index contributed by atoms with van der Waals surface area (Å²) in [6, 6.07) is 14.6. The van der Waals surface area contributed by atoms with Crippen molar-refractivity contribution in [3.05, 3.63) is 59.2 Å². The number of rotatable bonds is 5. The summed E-state index contributed by atoms with van der Waals surface area (Å²) in [4.78, 5) is 11.7. The number of hydrogen-bond acceptors (Lipinski definition) is 4. The zero-order valence-electron chi connectivity index (χ0n) is 11.5. The van der Waals surface area contributed by atoms with E-state index < -0.39 is 5.97 Å². The molecule has 2 aromatic carbocycles. The zero-order valence-corrected chi connectivity index (χ0v) is 12.3. The molecule has 0 aromatic heterocycles. The van der Waals surface area contributed by atoms with Crippen LogP contribution < -0.4 is 5.32 Å². The summed E-state index contributed by atoms with van der Waals surface area (Å²) in [6.45, 7) is 0.534. The van der Waals surface area contributed by atoms with Crippen LogP contribution in [0.4, 0.5) is 5.69 Å². The summed E-state index contributed by atoms with van der Waals surface area (Å²) < 4.78 is 0. The standard InChI is InChI=1S/C16H14N2O2S/c1-21-15-4-2-3-14(13(15)9-17)18-10-11-5-7-12(8-6-11)16(19)20/h2-8,18H,10H2,1H3,(H,19,20). The molecule has 0 saturated carbocycles. The summed E-state index contributed by atoms with van der Waals surface area (Å²) in [5.41, 5.74) is 2.64. The van der Waals surface area contributed by atoms with Gasteiger partial charge in [-0.3, -0.25) is 0 Å². The van der Waals surface area contributed by atoms with Gasteiger partial charge in [0.1, 0.15) is 6.07 Å². The predicted octanol–water partition coefficient (Wildman–Crippen LogP) is 3.59. The maximum atomic E-state index is 10.8. The van der Waals surface area contributed by atoms with Crippen molar-refractivity contribution in [1.82, 2.24) is 0 Å². The van der Waals surface area contributed by atoms with Crippen LogP contribution in [-0.4, -0.2) is 17.3 Å². The number of anilines is 1. The molecule has 0 aliphatic carbocycles. The van der Waals surface area contributed by atoms with Gasteiger partial charge in [-0.05, 0) is 36.1 Å². The Morgan fingerprint density at radius 3 is 2.57 bits per heavy atom. The Kier molecular flexibility index (Phi) is 4.85. The van der Waals surface area contributed by atoms with E-state index in [2.05, 4.69) is 11.4 Å². The third-order valence-corrected chi connectivity index (χ3v) is 3.82. The molecule has 0 aliphatic heterocycles. The first-order chi connectivity index (χ1) is 10.2. The maximum absolute atomic E-state index is 10.8. The van der Waals surface area contributed by atoms with Gasteiger partial charge in [-0.2, -0.15) is 5.26 Å². The number of nitriles is 1. The highest BCUT2D eigenvalue weighted by Crippen LogP contribution is 2.26. The Morgan fingerprint density at radius 1 is 1.29 bits per heavy atom. The number of hydrogen-bond donors (Lipinski definition) is 2. The Hall–Kier alpha value is -2.45. The second-order valence-electron chi connectivity index (χ2n) is 4.35. The largest absolute Gasteiger partial charge is 0.478 e. The van der Waals surface area contributed by atoms with Crippen molar-refractivity contribution in [3.8, 4) is 6.07 Å². The third kappa shape index (κ3) is 3.56. The fourth-order valence-corrected chi connectivity index (χ4v) is 2.50. The van der Waals surface area contributed by atoms with Crippen LogP contribution in [0.1, 0.15) is 21.5 Å². The van der Waals surface area contributed by atoms with Gasteiger partial charge in [0.25, 0.3) is 0 Å². The average molecular weight is 298 g/mol. The second kappa shape index (κ2) is 6.82. The Balaban J connectivity index is 2.13. The highest BCUT2D eigenvalue weighted by atomic mass is 32.2. The summed E-state index contributed by atoms with van der Waals surface area (Å²) in [7, 11) is 0. The van der Waals surface area contributed by atoms with Crippen molar-refractivity contribution in [2.75, 3.05) is 11.6 Å². The quantitative estimate of drug-likeness (QED) is 0.825. The van der Waals surface area contributed by atoms with Crippen LogP contribution in [0.15, 0.2) is 47.4 Å². The monoisotopic (exact) mass is 298 g/mol. The molecule has 4 nitrogen and oxygen atoms in total. The molecular formula is C16H14N2O2S. The van der Waals surface area contributed by atoms with Crippen molar-refractivity contribution in [2.45, 2.75) is 11.4 Å². The van der Waals surface area contributed by atoms with Crippen molar-refractivity contribution in [2.24, 2.45) is 0 Å². The topological polar surface area (TPSA) is 73.1 Å². The van der Waals surface area contributed by atoms with Gasteiger partial charge in [-0.15, -0.1) is 11.8 Å². The zero-order chi connectivity index (χ0) is 15.2. The predicted molar refractivity (Wildman–Crippen MR) is 83.7 cm³/mol. The fraction of sp³-hybridized carbons (Fsp3) is 0.125. The van der Waals surface area contributed by atoms with Crippen LogP contribution in [0, 0.1) is 11.3 Å². The first kappa shape index (κ1) is 14.9. The molecule has 0 radical (unpaired) electrons. The van der Waals surface area contributed by atoms with Crippen molar-refractivity contribution in [3.63, 3.8) is 0 Å². The van der Waals surface area contributed by atoms with Gasteiger partial charge in [0.2, 0.25) is 0 Å². The van der Waals surface area contributed by atoms with Gasteiger partial charge in [0.05, 0.1) is 16.8 Å². The molecule has 0 spiro atoms. The van der Waals surface area contributed by atoms with Crippen LogP contribution in [-0.2, 0) is 6.54 Å². The molecule has 0 saturated heterocycles. The first-order valence-corrected chi connectivity index (χ1v) is 7.51. The van der Waals surface area contributed by atoms with Gasteiger partial charge in [-0.1, -0.05) is 18.2 Å². The summed E-state index contributed by atoms with van der Waals surface area (Å²) in [5.74, 6) is -0.936. The van der Waals surface area contributed by atoms with Crippen LogP contribution in [0.25, 0.3) is 0 Å². The third-order valence-electron chi connectivity index (χ3n) is 3.04. The second-order valence-corrected chi connectivity index (χ2v) is 5.20. The number of carboxylic acids is 1. The number of carboxylic acid groups (broad SMARTS) is 1. The van der Waals surface area contributed by atoms with Gasteiger partial charge >= 0.3 is 5.97 Å². The SMILES string of the molecule is CSc1cccc(NCc2ccc(C(=O)O)cc2)c1C#N. The average Bonchev–Trinajstić information content (AvgIpc) is 2.52. The molecule has 0 fully saturated rings. The molecule has 0 heterocycles. The number of carbonyl (C=O) groups is 1. The molecule has 0 atom stereocenters. The van der Waals surface area contributed by atoms with E-state index in [-0.39, 0.29) is 5.56 Å². The van der Waals surface area contributed by atoms with Gasteiger partial charge < -0.3 is 10.4 Å². The van der Waals surface area contributed by atoms with Crippen molar-refractivity contribution in [1.29, 1.82) is 5.26 Å². The van der Waals surface area contributed by atoms with Gasteiger partial charge in [-0.25, -0.2) is 4.79 Å². The molecule has 2 rings (SSSR count). The first-order valence-electron chi connectivity index (χ1n) is 6.29. The molecule has 0 aliphatic rings. The number of thioether (sulfide) groups is 1. The van der Waals surface area contributed by atoms with Gasteiger partial charge in [0, 0.05) is 11.4 Å². The maximum Gasteiger partial charge on any atom is 0.335 e. The van der Waals surface area contributed by atoms with E-state index in [1.165, 1.54) is 11.8 Å². The summed E-state index contributed by atoms with van der Waals surface area (Å²) >= 11 is 1.53. The molecule has 2 aromatic rings. The van der Waals surface area contributed by atoms with Gasteiger partial charge in [0.15, 0.2) is 0 Å². The smallest absolute Gasteiger partial charge is 0.335 e. The molecule has 106 valence electrons. The van der Waals surface area contributed by atoms with Crippen LogP contribution in [0.3, 0.4) is 0 Å². The summed E-state index contributed by atoms with van der Waals surface area (Å²) in [6.07, 6.45) is 1.94. The minimum absolute atomic E-state index is 0.265.